The maximum Gasteiger partial charge on any atom is 0.490 e. The van der Waals surface area contributed by atoms with Crippen LogP contribution in [0.15, 0.2) is 64.8 Å². The van der Waals surface area contributed by atoms with Crippen molar-refractivity contribution in [1.82, 2.24) is 5.32 Å². The first-order chi connectivity index (χ1) is 15.7. The molecule has 2 aromatic carbocycles. The summed E-state index contributed by atoms with van der Waals surface area (Å²) in [6, 6.07) is 15.0. The van der Waals surface area contributed by atoms with Crippen LogP contribution in [0.4, 0.5) is 26.3 Å². The van der Waals surface area contributed by atoms with Gasteiger partial charge in [0.15, 0.2) is 0 Å². The molecule has 34 heavy (non-hydrogen) atoms. The van der Waals surface area contributed by atoms with Gasteiger partial charge in [0, 0.05) is 24.6 Å². The molecule has 0 aromatic heterocycles. The van der Waals surface area contributed by atoms with Gasteiger partial charge in [0.2, 0.25) is 5.91 Å². The lowest BCUT2D eigenvalue weighted by molar-refractivity contribution is -0.192. The second-order valence-corrected chi connectivity index (χ2v) is 7.30. The Bertz CT molecular complexity index is 1000. The lowest BCUT2D eigenvalue weighted by atomic mass is 10.0. The number of nitrogens with zero attached hydrogens (tertiary/aromatic N) is 2. The Labute approximate surface area is 189 Å². The number of alkyl halides is 6. The van der Waals surface area contributed by atoms with Crippen LogP contribution in [0.1, 0.15) is 23.1 Å². The summed E-state index contributed by atoms with van der Waals surface area (Å²) in [7, 11) is 0. The number of carboxylic acids is 1. The standard InChI is InChI=1S/C19H19F3N4O.C2HF3O2/c20-19(21,22)18(25-26-18)15-8-6-14(7-9-15)12-24-17(27)11-16(23)10-13-4-2-1-3-5-13;3-2(4,5)1(6)7/h1-9,16H,10-12,23H2,(H,24,27);(H,6,7)/t16-;/m1./s1. The lowest BCUT2D eigenvalue weighted by Gasteiger charge is -2.15. The van der Waals surface area contributed by atoms with Crippen LogP contribution in [0.5, 0.6) is 0 Å². The highest BCUT2D eigenvalue weighted by Crippen LogP contribution is 2.52. The first-order valence-electron chi connectivity index (χ1n) is 9.71. The number of hydrogen-bond acceptors (Lipinski definition) is 5. The Balaban J connectivity index is 0.000000509. The zero-order valence-electron chi connectivity index (χ0n) is 17.4. The van der Waals surface area contributed by atoms with Gasteiger partial charge in [-0.3, -0.25) is 4.79 Å². The van der Waals surface area contributed by atoms with Crippen molar-refractivity contribution < 1.29 is 41.0 Å². The van der Waals surface area contributed by atoms with Crippen molar-refractivity contribution in [2.75, 3.05) is 0 Å². The molecule has 0 saturated heterocycles. The Kier molecular flexibility index (Phi) is 8.37. The van der Waals surface area contributed by atoms with Crippen molar-refractivity contribution in [3.05, 3.63) is 71.3 Å². The summed E-state index contributed by atoms with van der Waals surface area (Å²) < 4.78 is 70.6. The van der Waals surface area contributed by atoms with E-state index < -0.39 is 24.0 Å². The highest BCUT2D eigenvalue weighted by atomic mass is 19.4. The first kappa shape index (κ1) is 26.8. The molecule has 2 aromatic rings. The molecule has 3 rings (SSSR count). The van der Waals surface area contributed by atoms with E-state index in [0.717, 1.165) is 5.56 Å². The molecule has 13 heteroatoms. The van der Waals surface area contributed by atoms with Crippen LogP contribution in [0.2, 0.25) is 0 Å². The highest BCUT2D eigenvalue weighted by Gasteiger charge is 2.65. The summed E-state index contributed by atoms with van der Waals surface area (Å²) in [4.78, 5) is 20.9. The number of rotatable bonds is 7. The quantitative estimate of drug-likeness (QED) is 0.507. The van der Waals surface area contributed by atoms with Crippen molar-refractivity contribution in [3.8, 4) is 0 Å². The molecule has 1 amide bonds. The molecule has 184 valence electrons. The third kappa shape index (κ3) is 7.54. The first-order valence-corrected chi connectivity index (χ1v) is 9.71. The number of benzene rings is 2. The van der Waals surface area contributed by atoms with Gasteiger partial charge in [-0.05, 0) is 17.5 Å². The molecule has 1 aliphatic rings. The van der Waals surface area contributed by atoms with E-state index >= 15 is 0 Å². The molecule has 0 fully saturated rings. The van der Waals surface area contributed by atoms with Crippen LogP contribution in [0.3, 0.4) is 0 Å². The minimum atomic E-state index is -5.08. The normalized spacial score (nSPS) is 15.0. The zero-order chi connectivity index (χ0) is 25.6. The van der Waals surface area contributed by atoms with E-state index in [1.165, 1.54) is 24.3 Å². The van der Waals surface area contributed by atoms with Gasteiger partial charge >= 0.3 is 24.0 Å². The molecule has 1 aliphatic heterocycles. The zero-order valence-corrected chi connectivity index (χ0v) is 17.4. The average molecular weight is 490 g/mol. The number of hydrogen-bond donors (Lipinski definition) is 3. The molecule has 0 radical (unpaired) electrons. The molecule has 0 saturated carbocycles. The summed E-state index contributed by atoms with van der Waals surface area (Å²) in [6.45, 7) is 0.213. The summed E-state index contributed by atoms with van der Waals surface area (Å²) in [5.74, 6) is -2.96. The predicted octanol–water partition coefficient (Wildman–Crippen LogP) is 4.08. The smallest absolute Gasteiger partial charge is 0.475 e. The minimum Gasteiger partial charge on any atom is -0.475 e. The van der Waals surface area contributed by atoms with Gasteiger partial charge in [0.05, 0.1) is 0 Å². The largest absolute Gasteiger partial charge is 0.490 e. The van der Waals surface area contributed by atoms with Crippen LogP contribution in [0.25, 0.3) is 0 Å². The molecule has 0 spiro atoms. The number of nitrogens with one attached hydrogen (secondary N) is 1. The van der Waals surface area contributed by atoms with Crippen LogP contribution < -0.4 is 11.1 Å². The second-order valence-electron chi connectivity index (χ2n) is 7.30. The maximum atomic E-state index is 13.0. The fourth-order valence-corrected chi connectivity index (χ4v) is 2.80. The molecule has 7 nitrogen and oxygen atoms in total. The van der Waals surface area contributed by atoms with Gasteiger partial charge < -0.3 is 16.2 Å². The van der Waals surface area contributed by atoms with E-state index in [-0.39, 0.29) is 30.5 Å². The van der Waals surface area contributed by atoms with E-state index in [1.807, 2.05) is 30.3 Å². The van der Waals surface area contributed by atoms with Gasteiger partial charge in [-0.1, -0.05) is 54.6 Å². The second kappa shape index (κ2) is 10.6. The molecule has 1 heterocycles. The maximum absolute atomic E-state index is 13.0. The van der Waals surface area contributed by atoms with Crippen LogP contribution >= 0.6 is 0 Å². The fraction of sp³-hybridized carbons (Fsp3) is 0.333. The Morgan fingerprint density at radius 1 is 0.941 bits per heavy atom. The van der Waals surface area contributed by atoms with Gasteiger partial charge in [-0.25, -0.2) is 4.79 Å². The van der Waals surface area contributed by atoms with Crippen molar-refractivity contribution in [3.63, 3.8) is 0 Å². The molecule has 0 bridgehead atoms. The van der Waals surface area contributed by atoms with E-state index in [0.29, 0.717) is 12.0 Å². The molecule has 4 N–H and O–H groups in total. The Hall–Kier alpha value is -3.48. The molecule has 1 atom stereocenters. The van der Waals surface area contributed by atoms with E-state index in [9.17, 15) is 31.1 Å². The number of carboxylic acid groups (broad SMARTS) is 1. The van der Waals surface area contributed by atoms with Crippen LogP contribution in [-0.2, 0) is 28.2 Å². The highest BCUT2D eigenvalue weighted by molar-refractivity contribution is 5.76. The molecular formula is C21H20F6N4O3. The van der Waals surface area contributed by atoms with Gasteiger partial charge in [0.1, 0.15) is 0 Å². The van der Waals surface area contributed by atoms with Gasteiger partial charge in [-0.15, -0.1) is 10.2 Å². The van der Waals surface area contributed by atoms with E-state index in [1.54, 1.807) is 0 Å². The van der Waals surface area contributed by atoms with E-state index in [2.05, 4.69) is 15.5 Å². The van der Waals surface area contributed by atoms with Gasteiger partial charge in [-0.2, -0.15) is 26.3 Å². The monoisotopic (exact) mass is 490 g/mol. The molecular weight excluding hydrogens is 470 g/mol. The number of aliphatic carboxylic acids is 1. The van der Waals surface area contributed by atoms with Crippen LogP contribution in [-0.4, -0.2) is 35.4 Å². The summed E-state index contributed by atoms with van der Waals surface area (Å²) >= 11 is 0. The SMILES string of the molecule is N[C@@H](CC(=O)NCc1ccc(C2(C(F)(F)F)N=N2)cc1)Cc1ccccc1.O=C(O)C(F)(F)F. The number of carbonyl (C=O) groups is 2. The molecule has 0 aliphatic carbocycles. The number of amides is 1. The number of carbonyl (C=O) groups excluding carboxylic acids is 1. The van der Waals surface area contributed by atoms with E-state index in [4.69, 9.17) is 15.6 Å². The third-order valence-electron chi connectivity index (χ3n) is 4.57. The summed E-state index contributed by atoms with van der Waals surface area (Å²) in [5, 5.41) is 16.2. The molecule has 0 unspecified atom stereocenters. The average Bonchev–Trinajstić information content (AvgIpc) is 3.55. The number of halogens is 6. The van der Waals surface area contributed by atoms with Crippen molar-refractivity contribution in [2.24, 2.45) is 16.0 Å². The third-order valence-corrected chi connectivity index (χ3v) is 4.57. The predicted molar refractivity (Wildman–Crippen MR) is 107 cm³/mol. The summed E-state index contributed by atoms with van der Waals surface area (Å²) in [5.41, 5.74) is 5.29. The number of nitrogens with two attached hydrogens (primary N) is 1. The Morgan fingerprint density at radius 3 is 1.91 bits per heavy atom. The Morgan fingerprint density at radius 2 is 1.47 bits per heavy atom. The minimum absolute atomic E-state index is 0.0324. The fourth-order valence-electron chi connectivity index (χ4n) is 2.80. The topological polar surface area (TPSA) is 117 Å². The lowest BCUT2D eigenvalue weighted by Crippen LogP contribution is -2.32. The van der Waals surface area contributed by atoms with Crippen molar-refractivity contribution >= 4 is 11.9 Å². The van der Waals surface area contributed by atoms with Crippen LogP contribution in [0, 0.1) is 0 Å². The summed E-state index contributed by atoms with van der Waals surface area (Å²) in [6.07, 6.45) is -8.87. The van der Waals surface area contributed by atoms with Gasteiger partial charge in [0.25, 0.3) is 0 Å². The van der Waals surface area contributed by atoms with Crippen molar-refractivity contribution in [1.29, 1.82) is 0 Å². The van der Waals surface area contributed by atoms with Crippen molar-refractivity contribution in [2.45, 2.75) is 43.4 Å².